The van der Waals surface area contributed by atoms with E-state index in [1.54, 1.807) is 0 Å². The van der Waals surface area contributed by atoms with Crippen molar-refractivity contribution in [2.45, 2.75) is 32.6 Å². The molecular weight excluding hydrogens is 281 g/mol. The Bertz CT molecular complexity index is 99.8. The minimum absolute atomic E-state index is 0. The molecule has 0 rings (SSSR count). The normalized spacial score (nSPS) is 8.45. The van der Waals surface area contributed by atoms with Gasteiger partial charge in [0.2, 0.25) is 0 Å². The van der Waals surface area contributed by atoms with E-state index in [0.29, 0.717) is 6.61 Å². The van der Waals surface area contributed by atoms with Crippen LogP contribution in [0.15, 0.2) is 0 Å². The summed E-state index contributed by atoms with van der Waals surface area (Å²) in [6.07, 6.45) is 4.23. The second kappa shape index (κ2) is 11.7. The van der Waals surface area contributed by atoms with Crippen molar-refractivity contribution in [3.8, 4) is 0 Å². The van der Waals surface area contributed by atoms with Gasteiger partial charge in [-0.3, -0.25) is 0 Å². The fourth-order valence-corrected chi connectivity index (χ4v) is 0.995. The molecule has 0 aromatic carbocycles. The van der Waals surface area contributed by atoms with Crippen molar-refractivity contribution in [2.75, 3.05) is 6.61 Å². The second-order valence-corrected chi connectivity index (χ2v) is 2.95. The van der Waals surface area contributed by atoms with Crippen LogP contribution in [0.25, 0.3) is 0 Å². The van der Waals surface area contributed by atoms with E-state index < -0.39 is 9.17 Å². The molecule has 0 aliphatic rings. The second-order valence-electron chi connectivity index (χ2n) is 2.16. The maximum absolute atomic E-state index is 9.88. The Balaban J connectivity index is 0. The van der Waals surface area contributed by atoms with Crippen molar-refractivity contribution in [1.82, 2.24) is 0 Å². The summed E-state index contributed by atoms with van der Waals surface area (Å²) in [4.78, 5) is 9.88. The van der Waals surface area contributed by atoms with E-state index in [1.165, 1.54) is 0 Å². The maximum atomic E-state index is 9.88. The summed E-state index contributed by atoms with van der Waals surface area (Å²) in [5, 5.41) is 0. The van der Waals surface area contributed by atoms with E-state index in [2.05, 4.69) is 11.3 Å². The molecule has 11 heavy (non-hydrogen) atoms. The molecule has 0 fully saturated rings. The standard InChI is InChI=1S/C6H13O3Si.Cs/c1-2-3-4-5-6-9-10(7)8;/h2-6H2,1H3;/q-1;+1. The molecule has 0 bridgehead atoms. The minimum atomic E-state index is -2.92. The van der Waals surface area contributed by atoms with E-state index in [4.69, 9.17) is 0 Å². The fourth-order valence-electron chi connectivity index (χ4n) is 0.684. The van der Waals surface area contributed by atoms with Gasteiger partial charge in [-0.2, -0.15) is 0 Å². The van der Waals surface area contributed by atoms with Crippen molar-refractivity contribution >= 4 is 9.17 Å². The van der Waals surface area contributed by atoms with Crippen LogP contribution in [0.2, 0.25) is 0 Å². The van der Waals surface area contributed by atoms with Gasteiger partial charge in [0.1, 0.15) is 0 Å². The number of rotatable bonds is 6. The summed E-state index contributed by atoms with van der Waals surface area (Å²) in [5.41, 5.74) is 0. The monoisotopic (exact) mass is 294 g/mol. The van der Waals surface area contributed by atoms with Gasteiger partial charge < -0.3 is 13.7 Å². The van der Waals surface area contributed by atoms with Crippen molar-refractivity contribution in [2.24, 2.45) is 0 Å². The smallest absolute Gasteiger partial charge is 0.588 e. The van der Waals surface area contributed by atoms with E-state index in [9.17, 15) is 9.26 Å². The van der Waals surface area contributed by atoms with Crippen molar-refractivity contribution in [3.05, 3.63) is 0 Å². The molecule has 0 amide bonds. The fraction of sp³-hybridized carbons (Fsp3) is 1.00. The molecule has 0 aliphatic heterocycles. The van der Waals surface area contributed by atoms with E-state index in [1.807, 2.05) is 0 Å². The summed E-state index contributed by atoms with van der Waals surface area (Å²) >= 11 is 0. The Kier molecular flexibility index (Phi) is 16.1. The molecule has 0 aromatic rings. The van der Waals surface area contributed by atoms with Crippen LogP contribution in [0.5, 0.6) is 0 Å². The van der Waals surface area contributed by atoms with Crippen molar-refractivity contribution in [3.63, 3.8) is 0 Å². The molecule has 0 aliphatic carbocycles. The largest absolute Gasteiger partial charge is 1.00 e. The summed E-state index contributed by atoms with van der Waals surface area (Å²) < 4.78 is 14.3. The molecule has 0 atom stereocenters. The third-order valence-electron chi connectivity index (χ3n) is 1.22. The molecule has 60 valence electrons. The van der Waals surface area contributed by atoms with Crippen LogP contribution in [-0.2, 0) is 8.89 Å². The maximum Gasteiger partial charge on any atom is 1.00 e. The zero-order valence-electron chi connectivity index (χ0n) is 7.26. The topological polar surface area (TPSA) is 49.4 Å². The quantitative estimate of drug-likeness (QED) is 0.398. The third kappa shape index (κ3) is 14.5. The molecule has 3 nitrogen and oxygen atoms in total. The molecule has 0 saturated heterocycles. The molecule has 0 radical (unpaired) electrons. The van der Waals surface area contributed by atoms with E-state index in [0.717, 1.165) is 25.7 Å². The van der Waals surface area contributed by atoms with Crippen LogP contribution in [0.3, 0.4) is 0 Å². The van der Waals surface area contributed by atoms with Gasteiger partial charge in [-0.25, -0.2) is 0 Å². The average molecular weight is 294 g/mol. The van der Waals surface area contributed by atoms with E-state index in [-0.39, 0.29) is 68.9 Å². The van der Waals surface area contributed by atoms with Gasteiger partial charge in [0.15, 0.2) is 0 Å². The number of hydrogen-bond acceptors (Lipinski definition) is 3. The van der Waals surface area contributed by atoms with Gasteiger partial charge in [-0.15, -0.1) is 0 Å². The Morgan fingerprint density at radius 3 is 2.45 bits per heavy atom. The molecule has 0 unspecified atom stereocenters. The van der Waals surface area contributed by atoms with Gasteiger partial charge in [0, 0.05) is 6.61 Å². The van der Waals surface area contributed by atoms with Crippen LogP contribution >= 0.6 is 0 Å². The predicted molar refractivity (Wildman–Crippen MR) is 36.5 cm³/mol. The zero-order chi connectivity index (χ0) is 7.82. The first-order chi connectivity index (χ1) is 4.77. The predicted octanol–water partition coefficient (Wildman–Crippen LogP) is -2.64. The molecule has 0 N–H and O–H groups in total. The first kappa shape index (κ1) is 15.2. The Morgan fingerprint density at radius 2 is 2.00 bits per heavy atom. The Labute approximate surface area is 128 Å². The molecule has 5 heteroatoms. The minimum Gasteiger partial charge on any atom is -0.588 e. The number of unbranched alkanes of at least 4 members (excludes halogenated alkanes) is 3. The first-order valence-electron chi connectivity index (χ1n) is 3.61. The van der Waals surface area contributed by atoms with Gasteiger partial charge in [0.25, 0.3) is 0 Å². The summed E-state index contributed by atoms with van der Waals surface area (Å²) in [5.74, 6) is 0. The van der Waals surface area contributed by atoms with Crippen LogP contribution in [0.4, 0.5) is 0 Å². The third-order valence-corrected chi connectivity index (χ3v) is 1.66. The zero-order valence-corrected chi connectivity index (χ0v) is 14.5. The van der Waals surface area contributed by atoms with Crippen molar-refractivity contribution in [1.29, 1.82) is 0 Å². The molecule has 0 heterocycles. The Hall–Kier alpha value is 1.67. The summed E-state index contributed by atoms with van der Waals surface area (Å²) in [6, 6.07) is 0. The van der Waals surface area contributed by atoms with Crippen LogP contribution in [-0.4, -0.2) is 15.8 Å². The molecule has 0 saturated carbocycles. The SMILES string of the molecule is CCCCCCO[Si](=O)[O-].[Cs+]. The summed E-state index contributed by atoms with van der Waals surface area (Å²) in [7, 11) is -2.92. The molecule has 0 spiro atoms. The van der Waals surface area contributed by atoms with Crippen LogP contribution in [0.1, 0.15) is 32.6 Å². The average Bonchev–Trinajstić information content (AvgIpc) is 1.87. The molecule has 0 aromatic heterocycles. The van der Waals surface area contributed by atoms with Gasteiger partial charge in [-0.1, -0.05) is 26.2 Å². The van der Waals surface area contributed by atoms with Gasteiger partial charge in [-0.05, 0) is 6.42 Å². The van der Waals surface area contributed by atoms with Gasteiger partial charge in [0.05, 0.1) is 0 Å². The Morgan fingerprint density at radius 1 is 1.36 bits per heavy atom. The number of hydrogen-bond donors (Lipinski definition) is 0. The molecular formula is C6H13CsO3Si. The van der Waals surface area contributed by atoms with Gasteiger partial charge >= 0.3 is 78.1 Å². The van der Waals surface area contributed by atoms with E-state index >= 15 is 0 Å². The van der Waals surface area contributed by atoms with Crippen LogP contribution < -0.4 is 73.7 Å². The van der Waals surface area contributed by atoms with Crippen LogP contribution in [0, 0.1) is 0 Å². The van der Waals surface area contributed by atoms with Crippen molar-refractivity contribution < 1.29 is 82.6 Å². The first-order valence-corrected chi connectivity index (χ1v) is 4.83. The summed E-state index contributed by atoms with van der Waals surface area (Å²) in [6.45, 7) is 2.47.